The summed E-state index contributed by atoms with van der Waals surface area (Å²) in [6.07, 6.45) is -4.17. The molecule has 3 aliphatic heterocycles. The first-order valence-corrected chi connectivity index (χ1v) is 18.6. The molecule has 4 aromatic rings. The Kier molecular flexibility index (Phi) is 12.7. The minimum absolute atomic E-state index is 0.199. The normalized spacial score (nSPS) is 28.9. The van der Waals surface area contributed by atoms with Crippen molar-refractivity contribution in [3.05, 3.63) is 169 Å². The number of hydrogen-bond acceptors (Lipinski definition) is 9. The molecule has 3 aliphatic rings. The van der Waals surface area contributed by atoms with Crippen molar-refractivity contribution in [2.75, 3.05) is 6.61 Å². The third-order valence-electron chi connectivity index (χ3n) is 9.74. The quantitative estimate of drug-likeness (QED) is 0.108. The van der Waals surface area contributed by atoms with Crippen LogP contribution in [-0.2, 0) is 69.1 Å². The predicted octanol–water partition coefficient (Wildman–Crippen LogP) is 7.69. The number of hydrogen-bond donors (Lipinski definition) is 0. The zero-order valence-electron chi connectivity index (χ0n) is 30.9. The van der Waals surface area contributed by atoms with Crippen molar-refractivity contribution in [1.29, 1.82) is 0 Å². The Hall–Kier alpha value is -4.16. The molecular formula is C45H50O9. The van der Waals surface area contributed by atoms with Gasteiger partial charge in [-0.05, 0) is 42.2 Å². The highest BCUT2D eigenvalue weighted by molar-refractivity contribution is 5.17. The van der Waals surface area contributed by atoms with Crippen LogP contribution in [0.4, 0.5) is 0 Å². The molecule has 0 N–H and O–H groups in total. The van der Waals surface area contributed by atoms with Gasteiger partial charge in [0.25, 0.3) is 0 Å². The van der Waals surface area contributed by atoms with Crippen molar-refractivity contribution in [3.8, 4) is 0 Å². The van der Waals surface area contributed by atoms with Crippen LogP contribution in [0.2, 0.25) is 0 Å². The fourth-order valence-corrected chi connectivity index (χ4v) is 7.13. The Labute approximate surface area is 318 Å². The molecule has 3 saturated heterocycles. The molecule has 0 aromatic heterocycles. The molecule has 3 heterocycles. The molecular weight excluding hydrogens is 684 g/mol. The molecule has 7 rings (SSSR count). The van der Waals surface area contributed by atoms with Gasteiger partial charge in [-0.25, -0.2) is 0 Å². The van der Waals surface area contributed by atoms with Crippen molar-refractivity contribution in [3.63, 3.8) is 0 Å². The van der Waals surface area contributed by atoms with Crippen LogP contribution in [0.15, 0.2) is 146 Å². The largest absolute Gasteiger partial charge is 0.486 e. The van der Waals surface area contributed by atoms with E-state index in [-0.39, 0.29) is 13.2 Å². The lowest BCUT2D eigenvalue weighted by molar-refractivity contribution is -0.342. The topological polar surface area (TPSA) is 83.1 Å². The van der Waals surface area contributed by atoms with Gasteiger partial charge in [0.2, 0.25) is 0 Å². The van der Waals surface area contributed by atoms with Crippen LogP contribution in [0.5, 0.6) is 0 Å². The van der Waals surface area contributed by atoms with E-state index in [9.17, 15) is 0 Å². The van der Waals surface area contributed by atoms with E-state index >= 15 is 0 Å². The lowest BCUT2D eigenvalue weighted by Crippen LogP contribution is -2.63. The van der Waals surface area contributed by atoms with Gasteiger partial charge in [-0.2, -0.15) is 0 Å². The van der Waals surface area contributed by atoms with Crippen LogP contribution in [0.25, 0.3) is 0 Å². The fraction of sp³-hybridized carbons (Fsp3) is 0.378. The molecule has 0 aliphatic carbocycles. The maximum atomic E-state index is 6.93. The van der Waals surface area contributed by atoms with E-state index in [1.54, 1.807) is 6.08 Å². The van der Waals surface area contributed by atoms with Crippen molar-refractivity contribution >= 4 is 0 Å². The van der Waals surface area contributed by atoms with Crippen LogP contribution in [0, 0.1) is 0 Å². The number of benzene rings is 4. The molecule has 9 heteroatoms. The highest BCUT2D eigenvalue weighted by Crippen LogP contribution is 2.42. The Morgan fingerprint density at radius 2 is 1.07 bits per heavy atom. The van der Waals surface area contributed by atoms with Gasteiger partial charge in [0.15, 0.2) is 12.1 Å². The summed E-state index contributed by atoms with van der Waals surface area (Å²) in [4.78, 5) is 0. The molecule has 0 saturated carbocycles. The van der Waals surface area contributed by atoms with Gasteiger partial charge in [-0.3, -0.25) is 0 Å². The Morgan fingerprint density at radius 1 is 0.611 bits per heavy atom. The third kappa shape index (κ3) is 9.55. The monoisotopic (exact) mass is 734 g/mol. The van der Waals surface area contributed by atoms with E-state index in [4.69, 9.17) is 42.6 Å². The summed E-state index contributed by atoms with van der Waals surface area (Å²) in [6, 6.07) is 40.1. The first-order valence-electron chi connectivity index (χ1n) is 18.6. The van der Waals surface area contributed by atoms with E-state index < -0.39 is 60.9 Å². The van der Waals surface area contributed by atoms with Crippen molar-refractivity contribution in [2.24, 2.45) is 0 Å². The van der Waals surface area contributed by atoms with E-state index in [1.165, 1.54) is 0 Å². The third-order valence-corrected chi connectivity index (χ3v) is 9.74. The molecule has 0 amide bonds. The van der Waals surface area contributed by atoms with E-state index in [1.807, 2.05) is 135 Å². The van der Waals surface area contributed by atoms with Gasteiger partial charge in [0.05, 0.1) is 33.0 Å². The van der Waals surface area contributed by atoms with Gasteiger partial charge in [-0.15, -0.1) is 0 Å². The van der Waals surface area contributed by atoms with E-state index in [0.717, 1.165) is 22.3 Å². The lowest BCUT2D eigenvalue weighted by Gasteiger charge is -2.47. The number of rotatable bonds is 16. The zero-order valence-corrected chi connectivity index (χ0v) is 30.9. The van der Waals surface area contributed by atoms with Crippen LogP contribution < -0.4 is 0 Å². The highest BCUT2D eigenvalue weighted by Gasteiger charge is 2.56. The molecule has 3 fully saturated rings. The van der Waals surface area contributed by atoms with Crippen LogP contribution in [-0.4, -0.2) is 67.5 Å². The van der Waals surface area contributed by atoms with Gasteiger partial charge in [0, 0.05) is 0 Å². The van der Waals surface area contributed by atoms with E-state index in [2.05, 4.69) is 13.2 Å². The maximum absolute atomic E-state index is 6.93. The van der Waals surface area contributed by atoms with Crippen LogP contribution >= 0.6 is 0 Å². The highest BCUT2D eigenvalue weighted by atomic mass is 16.8. The van der Waals surface area contributed by atoms with Crippen LogP contribution in [0.1, 0.15) is 36.1 Å². The minimum atomic E-state index is -0.977. The first-order chi connectivity index (χ1) is 26.4. The second kappa shape index (κ2) is 18.0. The minimum Gasteiger partial charge on any atom is -0.486 e. The second-order valence-corrected chi connectivity index (χ2v) is 14.2. The van der Waals surface area contributed by atoms with Gasteiger partial charge >= 0.3 is 0 Å². The molecule has 54 heavy (non-hydrogen) atoms. The molecule has 4 aromatic carbocycles. The van der Waals surface area contributed by atoms with Crippen LogP contribution in [0.3, 0.4) is 0 Å². The maximum Gasteiger partial charge on any atom is 0.187 e. The Morgan fingerprint density at radius 3 is 1.59 bits per heavy atom. The summed E-state index contributed by atoms with van der Waals surface area (Å²) in [6.45, 7) is 13.5. The standard InChI is InChI=1S/C45H50O9/c1-5-36-40-42(54-45(3,4)53-40)38(31(2)50-36)52-44-43(49-29-35-24-16-9-17-25-35)41(48-28-34-22-14-8-15-23-34)39(47-27-33-20-12-7-13-21-33)37(51-44)30-46-26-32-18-10-6-11-19-32/h5-25,36-44H,1-2,26-30H2,3-4H3/t36-,37+,38+,39+,40+,41-,42-,43+,44+/m0/s1. The van der Waals surface area contributed by atoms with Gasteiger partial charge in [-0.1, -0.05) is 134 Å². The smallest absolute Gasteiger partial charge is 0.187 e. The molecule has 0 bridgehead atoms. The molecule has 9 atom stereocenters. The molecule has 284 valence electrons. The van der Waals surface area contributed by atoms with Crippen molar-refractivity contribution in [1.82, 2.24) is 0 Å². The fourth-order valence-electron chi connectivity index (χ4n) is 7.13. The van der Waals surface area contributed by atoms with Gasteiger partial charge in [0.1, 0.15) is 54.6 Å². The second-order valence-electron chi connectivity index (χ2n) is 14.2. The predicted molar refractivity (Wildman–Crippen MR) is 203 cm³/mol. The molecule has 0 spiro atoms. The SMILES string of the molecule is C=C[C@@H]1OC(=C)[C@@H](O[C@H]2O[C@H](COCc3ccccc3)[C@@H](OCc3ccccc3)[C@H](OCc3ccccc3)[C@H]2OCc2ccccc2)[C@@H]2OC(C)(C)O[C@@H]21. The van der Waals surface area contributed by atoms with Crippen molar-refractivity contribution < 1.29 is 42.6 Å². The number of fused-ring (bicyclic) bond motifs is 1. The average Bonchev–Trinajstić information content (AvgIpc) is 3.53. The molecule has 0 radical (unpaired) electrons. The molecule has 0 unspecified atom stereocenters. The summed E-state index contributed by atoms with van der Waals surface area (Å²) < 4.78 is 59.6. The summed E-state index contributed by atoms with van der Waals surface area (Å²) in [7, 11) is 0. The lowest BCUT2D eigenvalue weighted by atomic mass is 9.96. The summed E-state index contributed by atoms with van der Waals surface area (Å²) >= 11 is 0. The molecule has 9 nitrogen and oxygen atoms in total. The average molecular weight is 735 g/mol. The van der Waals surface area contributed by atoms with E-state index in [0.29, 0.717) is 25.6 Å². The zero-order chi connectivity index (χ0) is 37.3. The first kappa shape index (κ1) is 38.1. The Bertz CT molecular complexity index is 1750. The number of ether oxygens (including phenoxy) is 9. The summed E-state index contributed by atoms with van der Waals surface area (Å²) in [5, 5.41) is 0. The van der Waals surface area contributed by atoms with Gasteiger partial charge < -0.3 is 42.6 Å². The summed E-state index contributed by atoms with van der Waals surface area (Å²) in [5.74, 6) is -0.497. The Balaban J connectivity index is 1.23. The summed E-state index contributed by atoms with van der Waals surface area (Å²) in [5.41, 5.74) is 4.06. The van der Waals surface area contributed by atoms with Crippen molar-refractivity contribution in [2.45, 2.75) is 101 Å².